The molecule has 0 bridgehead atoms. The lowest BCUT2D eigenvalue weighted by molar-refractivity contribution is -0.116. The zero-order valence-electron chi connectivity index (χ0n) is 14.3. The number of fused-ring (bicyclic) bond motifs is 1. The van der Waals surface area contributed by atoms with Crippen LogP contribution in [0.1, 0.15) is 35.9 Å². The predicted octanol–water partition coefficient (Wildman–Crippen LogP) is 3.74. The molecule has 1 aliphatic carbocycles. The van der Waals surface area contributed by atoms with E-state index in [4.69, 9.17) is 11.6 Å². The Morgan fingerprint density at radius 3 is 2.85 bits per heavy atom. The molecule has 7 heteroatoms. The van der Waals surface area contributed by atoms with Gasteiger partial charge in [0, 0.05) is 35.1 Å². The van der Waals surface area contributed by atoms with Crippen LogP contribution in [-0.4, -0.2) is 25.5 Å². The molecule has 0 saturated carbocycles. The van der Waals surface area contributed by atoms with Crippen LogP contribution in [0.5, 0.6) is 0 Å². The zero-order chi connectivity index (χ0) is 18.4. The summed E-state index contributed by atoms with van der Waals surface area (Å²) in [5.41, 5.74) is 3.66. The maximum absolute atomic E-state index is 13.2. The Labute approximate surface area is 160 Å². The van der Waals surface area contributed by atoms with E-state index in [0.717, 1.165) is 28.8 Å². The van der Waals surface area contributed by atoms with Crippen LogP contribution in [0.2, 0.25) is 5.02 Å². The number of hydrogen-bond acceptors (Lipinski definition) is 5. The van der Waals surface area contributed by atoms with Crippen molar-refractivity contribution in [3.8, 4) is 0 Å². The second kappa shape index (κ2) is 6.32. The highest BCUT2D eigenvalue weighted by atomic mass is 35.5. The lowest BCUT2D eigenvalue weighted by atomic mass is 9.78. The maximum atomic E-state index is 13.2. The first kappa shape index (κ1) is 16.2. The first-order valence-corrected chi connectivity index (χ1v) is 9.16. The van der Waals surface area contributed by atoms with Gasteiger partial charge in [-0.15, -0.1) is 0 Å². The van der Waals surface area contributed by atoms with Crippen LogP contribution in [0.25, 0.3) is 0 Å². The van der Waals surface area contributed by atoms with Crippen LogP contribution in [-0.2, 0) is 4.79 Å². The smallest absolute Gasteiger partial charge is 0.226 e. The Kier molecular flexibility index (Phi) is 3.79. The number of ketones is 1. The maximum Gasteiger partial charge on any atom is 0.226 e. The number of rotatable bonds is 2. The van der Waals surface area contributed by atoms with Crippen LogP contribution in [0.4, 0.5) is 5.95 Å². The number of hydrogen-bond donors (Lipinski definition) is 1. The molecule has 2 aliphatic rings. The minimum Gasteiger partial charge on any atom is -0.328 e. The number of carbonyl (C=O) groups excluding carboxylic acids is 1. The third kappa shape index (κ3) is 2.73. The molecule has 6 nitrogen and oxygen atoms in total. The number of allylic oxidation sites excluding steroid dienone is 2. The largest absolute Gasteiger partial charge is 0.328 e. The summed E-state index contributed by atoms with van der Waals surface area (Å²) in [6.07, 6.45) is 6.18. The van der Waals surface area contributed by atoms with E-state index in [0.29, 0.717) is 17.4 Å². The predicted molar refractivity (Wildman–Crippen MR) is 101 cm³/mol. The van der Waals surface area contributed by atoms with Crippen molar-refractivity contribution < 1.29 is 4.79 Å². The Morgan fingerprint density at radius 1 is 1.15 bits per heavy atom. The third-order valence-electron chi connectivity index (χ3n) is 5.18. The minimum absolute atomic E-state index is 0.0893. The van der Waals surface area contributed by atoms with Crippen molar-refractivity contribution in [3.63, 3.8) is 0 Å². The molecule has 0 spiro atoms. The van der Waals surface area contributed by atoms with Gasteiger partial charge < -0.3 is 5.32 Å². The van der Waals surface area contributed by atoms with Gasteiger partial charge >= 0.3 is 0 Å². The molecule has 1 aromatic carbocycles. The summed E-state index contributed by atoms with van der Waals surface area (Å²) in [5.74, 6) is 0.845. The van der Waals surface area contributed by atoms with E-state index in [1.54, 1.807) is 17.1 Å². The van der Waals surface area contributed by atoms with Gasteiger partial charge in [0.05, 0.1) is 0 Å². The lowest BCUT2D eigenvalue weighted by Crippen LogP contribution is -2.33. The first-order chi connectivity index (χ1) is 13.2. The lowest BCUT2D eigenvalue weighted by Gasteiger charge is -2.35. The summed E-state index contributed by atoms with van der Waals surface area (Å²) in [7, 11) is 0. The number of pyridine rings is 1. The Morgan fingerprint density at radius 2 is 2.04 bits per heavy atom. The van der Waals surface area contributed by atoms with Gasteiger partial charge in [-0.3, -0.25) is 9.78 Å². The summed E-state index contributed by atoms with van der Waals surface area (Å²) in [5, 5.41) is 8.34. The monoisotopic (exact) mass is 377 g/mol. The van der Waals surface area contributed by atoms with Crippen molar-refractivity contribution in [2.75, 3.05) is 5.32 Å². The highest BCUT2D eigenvalue weighted by molar-refractivity contribution is 6.30. The number of carbonyl (C=O) groups is 1. The molecule has 5 rings (SSSR count). The number of Topliss-reactive ketones (excluding diaryl/α,β-unsaturated/α-hetero) is 1. The fourth-order valence-corrected chi connectivity index (χ4v) is 4.19. The molecule has 0 fully saturated rings. The van der Waals surface area contributed by atoms with Gasteiger partial charge in [0.1, 0.15) is 12.4 Å². The first-order valence-electron chi connectivity index (χ1n) is 8.79. The van der Waals surface area contributed by atoms with Gasteiger partial charge in [-0.1, -0.05) is 29.8 Å². The van der Waals surface area contributed by atoms with Gasteiger partial charge in [-0.2, -0.15) is 10.1 Å². The fourth-order valence-electron chi connectivity index (χ4n) is 3.99. The molecular weight excluding hydrogens is 362 g/mol. The number of benzene rings is 1. The summed E-state index contributed by atoms with van der Waals surface area (Å²) in [6.45, 7) is 0. The molecule has 3 heterocycles. The molecule has 0 unspecified atom stereocenters. The van der Waals surface area contributed by atoms with Crippen LogP contribution < -0.4 is 5.32 Å². The average molecular weight is 378 g/mol. The topological polar surface area (TPSA) is 72.7 Å². The number of nitrogens with zero attached hydrogens (tertiary/aromatic N) is 4. The number of aromatic nitrogens is 4. The van der Waals surface area contributed by atoms with E-state index in [9.17, 15) is 4.79 Å². The fraction of sp³-hybridized carbons (Fsp3) is 0.200. The standard InChI is InChI=1S/C20H16ClN5O/c21-15-5-1-3-12(7-15)14-8-16-18(17(27)9-14)19(13-4-2-6-22-10-13)26-20(25-16)23-11-24-26/h1-7,10-11,14,19H,8-9H2,(H,23,24,25)/t14-,19+/m1/s1. The Hall–Kier alpha value is -2.99. The summed E-state index contributed by atoms with van der Waals surface area (Å²) in [6, 6.07) is 11.3. The summed E-state index contributed by atoms with van der Waals surface area (Å²) >= 11 is 6.15. The SMILES string of the molecule is O=C1C[C@H](c2cccc(Cl)c2)CC2=C1[C@H](c1cccnc1)n1ncnc1N2. The van der Waals surface area contributed by atoms with Crippen molar-refractivity contribution in [3.05, 3.63) is 82.5 Å². The molecule has 2 aromatic heterocycles. The number of halogens is 1. The van der Waals surface area contributed by atoms with Crippen molar-refractivity contribution in [2.24, 2.45) is 0 Å². The van der Waals surface area contributed by atoms with Crippen molar-refractivity contribution in [2.45, 2.75) is 24.8 Å². The normalized spacial score (nSPS) is 21.4. The van der Waals surface area contributed by atoms with E-state index in [1.807, 2.05) is 36.4 Å². The second-order valence-electron chi connectivity index (χ2n) is 6.82. The molecule has 0 saturated heterocycles. The highest BCUT2D eigenvalue weighted by Crippen LogP contribution is 2.43. The minimum atomic E-state index is -0.305. The van der Waals surface area contributed by atoms with Crippen molar-refractivity contribution in [1.29, 1.82) is 0 Å². The molecule has 2 atom stereocenters. The van der Waals surface area contributed by atoms with Gasteiger partial charge in [0.15, 0.2) is 5.78 Å². The molecule has 1 aliphatic heterocycles. The van der Waals surface area contributed by atoms with Crippen LogP contribution in [0.15, 0.2) is 66.4 Å². The van der Waals surface area contributed by atoms with E-state index in [-0.39, 0.29) is 17.7 Å². The van der Waals surface area contributed by atoms with Gasteiger partial charge in [0.25, 0.3) is 0 Å². The molecule has 0 radical (unpaired) electrons. The highest BCUT2D eigenvalue weighted by Gasteiger charge is 2.39. The number of anilines is 1. The summed E-state index contributed by atoms with van der Waals surface area (Å²) in [4.78, 5) is 21.7. The van der Waals surface area contributed by atoms with Gasteiger partial charge in [-0.05, 0) is 41.7 Å². The van der Waals surface area contributed by atoms with E-state index >= 15 is 0 Å². The molecule has 27 heavy (non-hydrogen) atoms. The Balaban J connectivity index is 1.60. The van der Waals surface area contributed by atoms with Crippen LogP contribution in [0, 0.1) is 0 Å². The zero-order valence-corrected chi connectivity index (χ0v) is 15.1. The van der Waals surface area contributed by atoms with Gasteiger partial charge in [-0.25, -0.2) is 4.68 Å². The van der Waals surface area contributed by atoms with E-state index < -0.39 is 0 Å². The molecule has 1 N–H and O–H groups in total. The summed E-state index contributed by atoms with van der Waals surface area (Å²) < 4.78 is 1.76. The van der Waals surface area contributed by atoms with Crippen molar-refractivity contribution in [1.82, 2.24) is 19.7 Å². The number of nitrogens with one attached hydrogen (secondary N) is 1. The van der Waals surface area contributed by atoms with Crippen LogP contribution in [0.3, 0.4) is 0 Å². The van der Waals surface area contributed by atoms with Gasteiger partial charge in [0.2, 0.25) is 5.95 Å². The molecule has 3 aromatic rings. The molecular formula is C20H16ClN5O. The molecule has 134 valence electrons. The van der Waals surface area contributed by atoms with E-state index in [2.05, 4.69) is 20.4 Å². The third-order valence-corrected chi connectivity index (χ3v) is 5.42. The van der Waals surface area contributed by atoms with Crippen molar-refractivity contribution >= 4 is 23.3 Å². The molecule has 0 amide bonds. The quantitative estimate of drug-likeness (QED) is 0.736. The second-order valence-corrected chi connectivity index (χ2v) is 7.25. The van der Waals surface area contributed by atoms with Crippen LogP contribution >= 0.6 is 11.6 Å². The Bertz CT molecular complexity index is 1060. The van der Waals surface area contributed by atoms with E-state index in [1.165, 1.54) is 6.33 Å². The average Bonchev–Trinajstić information content (AvgIpc) is 3.15.